The van der Waals surface area contributed by atoms with Gasteiger partial charge in [-0.2, -0.15) is 0 Å². The third kappa shape index (κ3) is 3.97. The lowest BCUT2D eigenvalue weighted by Gasteiger charge is -2.17. The summed E-state index contributed by atoms with van der Waals surface area (Å²) >= 11 is 1.65. The van der Waals surface area contributed by atoms with Crippen LogP contribution in [0.2, 0.25) is 0 Å². The van der Waals surface area contributed by atoms with E-state index in [4.69, 9.17) is 4.98 Å². The van der Waals surface area contributed by atoms with Crippen molar-refractivity contribution in [2.75, 3.05) is 5.32 Å². The monoisotopic (exact) mass is 350 g/mol. The van der Waals surface area contributed by atoms with Crippen LogP contribution in [0.25, 0.3) is 21.8 Å². The van der Waals surface area contributed by atoms with Crippen molar-refractivity contribution >= 4 is 22.9 Å². The maximum Gasteiger partial charge on any atom is 0.229 e. The minimum atomic E-state index is -0.407. The molecule has 0 saturated heterocycles. The molecule has 0 aliphatic carbocycles. The molecule has 1 amide bonds. The molecular weight excluding hydrogens is 328 g/mol. The van der Waals surface area contributed by atoms with Crippen LogP contribution in [0.15, 0.2) is 53.9 Å². The van der Waals surface area contributed by atoms with Crippen molar-refractivity contribution in [3.05, 3.63) is 59.5 Å². The predicted molar refractivity (Wildman–Crippen MR) is 106 cm³/mol. The van der Waals surface area contributed by atoms with Gasteiger partial charge >= 0.3 is 0 Å². The second-order valence-corrected chi connectivity index (χ2v) is 7.99. The Labute approximate surface area is 152 Å². The van der Waals surface area contributed by atoms with Gasteiger partial charge in [0.15, 0.2) is 0 Å². The van der Waals surface area contributed by atoms with E-state index in [-0.39, 0.29) is 5.91 Å². The number of carbonyl (C=O) groups is 1. The van der Waals surface area contributed by atoms with Crippen molar-refractivity contribution in [3.63, 3.8) is 0 Å². The topological polar surface area (TPSA) is 42.0 Å². The Morgan fingerprint density at radius 3 is 2.36 bits per heavy atom. The Hall–Kier alpha value is -2.46. The summed E-state index contributed by atoms with van der Waals surface area (Å²) in [6, 6.07) is 16.1. The zero-order valence-corrected chi connectivity index (χ0v) is 15.8. The van der Waals surface area contributed by atoms with Crippen LogP contribution >= 0.6 is 11.3 Å². The minimum absolute atomic E-state index is 0.00995. The number of carbonyl (C=O) groups excluding carboxylic acids is 1. The van der Waals surface area contributed by atoms with Gasteiger partial charge in [-0.3, -0.25) is 4.79 Å². The van der Waals surface area contributed by atoms with Crippen LogP contribution in [0.4, 0.5) is 5.69 Å². The van der Waals surface area contributed by atoms with Gasteiger partial charge in [-0.25, -0.2) is 4.98 Å². The first-order chi connectivity index (χ1) is 11.8. The van der Waals surface area contributed by atoms with E-state index >= 15 is 0 Å². The van der Waals surface area contributed by atoms with E-state index in [9.17, 15) is 4.79 Å². The molecule has 0 fully saturated rings. The molecule has 0 unspecified atom stereocenters. The Kier molecular flexibility index (Phi) is 4.73. The van der Waals surface area contributed by atoms with Crippen LogP contribution in [0, 0.1) is 12.3 Å². The van der Waals surface area contributed by atoms with E-state index in [0.29, 0.717) is 0 Å². The van der Waals surface area contributed by atoms with Crippen LogP contribution < -0.4 is 5.32 Å². The predicted octanol–water partition coefficient (Wildman–Crippen LogP) is 5.77. The van der Waals surface area contributed by atoms with Gasteiger partial charge in [0.05, 0.1) is 5.69 Å². The number of hydrogen-bond donors (Lipinski definition) is 1. The molecule has 25 heavy (non-hydrogen) atoms. The Bertz CT molecular complexity index is 889. The molecule has 2 aromatic carbocycles. The Morgan fingerprint density at radius 2 is 1.72 bits per heavy atom. The maximum atomic E-state index is 12.1. The van der Waals surface area contributed by atoms with E-state index in [1.165, 1.54) is 11.1 Å². The SMILES string of the molecule is Cc1ccccc1-c1nc(-c2ccc(NC(=O)C(C)(C)C)cc2)cs1. The van der Waals surface area contributed by atoms with Crippen molar-refractivity contribution in [1.82, 2.24) is 4.98 Å². The van der Waals surface area contributed by atoms with Crippen molar-refractivity contribution < 1.29 is 4.79 Å². The summed E-state index contributed by atoms with van der Waals surface area (Å²) in [6.07, 6.45) is 0. The number of aryl methyl sites for hydroxylation is 1. The fourth-order valence-corrected chi connectivity index (χ4v) is 3.30. The highest BCUT2D eigenvalue weighted by atomic mass is 32.1. The van der Waals surface area contributed by atoms with E-state index in [1.54, 1.807) is 11.3 Å². The summed E-state index contributed by atoms with van der Waals surface area (Å²) in [5.41, 5.74) is 4.80. The zero-order valence-electron chi connectivity index (χ0n) is 15.0. The molecular formula is C21H22N2OS. The number of nitrogens with zero attached hydrogens (tertiary/aromatic N) is 1. The van der Waals surface area contributed by atoms with E-state index < -0.39 is 5.41 Å². The van der Waals surface area contributed by atoms with Gasteiger partial charge in [-0.05, 0) is 24.6 Å². The summed E-state index contributed by atoms with van der Waals surface area (Å²) < 4.78 is 0. The number of benzene rings is 2. The molecule has 0 aliphatic rings. The van der Waals surface area contributed by atoms with Gasteiger partial charge in [0, 0.05) is 27.6 Å². The number of nitrogens with one attached hydrogen (secondary N) is 1. The van der Waals surface area contributed by atoms with Crippen molar-refractivity contribution in [2.24, 2.45) is 5.41 Å². The molecule has 3 rings (SSSR count). The van der Waals surface area contributed by atoms with Gasteiger partial charge in [0.25, 0.3) is 0 Å². The minimum Gasteiger partial charge on any atom is -0.326 e. The lowest BCUT2D eigenvalue weighted by Crippen LogP contribution is -2.27. The molecule has 0 atom stereocenters. The van der Waals surface area contributed by atoms with Crippen molar-refractivity contribution in [3.8, 4) is 21.8 Å². The maximum absolute atomic E-state index is 12.1. The van der Waals surface area contributed by atoms with Crippen LogP contribution in [-0.4, -0.2) is 10.9 Å². The molecule has 0 bridgehead atoms. The second-order valence-electron chi connectivity index (χ2n) is 7.13. The quantitative estimate of drug-likeness (QED) is 0.651. The summed E-state index contributed by atoms with van der Waals surface area (Å²) in [6.45, 7) is 7.81. The fraction of sp³-hybridized carbons (Fsp3) is 0.238. The molecule has 1 heterocycles. The average molecular weight is 350 g/mol. The summed E-state index contributed by atoms with van der Waals surface area (Å²) in [5, 5.41) is 6.04. The highest BCUT2D eigenvalue weighted by molar-refractivity contribution is 7.13. The first kappa shape index (κ1) is 17.4. The van der Waals surface area contributed by atoms with E-state index in [1.807, 2.05) is 57.2 Å². The van der Waals surface area contributed by atoms with Crippen LogP contribution in [0.3, 0.4) is 0 Å². The molecule has 0 saturated carbocycles. The first-order valence-electron chi connectivity index (χ1n) is 8.28. The van der Waals surface area contributed by atoms with E-state index in [2.05, 4.69) is 29.8 Å². The number of aromatic nitrogens is 1. The lowest BCUT2D eigenvalue weighted by molar-refractivity contribution is -0.123. The summed E-state index contributed by atoms with van der Waals surface area (Å²) in [7, 11) is 0. The standard InChI is InChI=1S/C21H22N2OS/c1-14-7-5-6-8-17(14)19-23-18(13-25-19)15-9-11-16(12-10-15)22-20(24)21(2,3)4/h5-13H,1-4H3,(H,22,24). The molecule has 1 N–H and O–H groups in total. The smallest absolute Gasteiger partial charge is 0.229 e. The molecule has 0 spiro atoms. The fourth-order valence-electron chi connectivity index (χ4n) is 2.39. The normalized spacial score (nSPS) is 11.4. The zero-order chi connectivity index (χ0) is 18.0. The van der Waals surface area contributed by atoms with Gasteiger partial charge in [0.1, 0.15) is 5.01 Å². The summed E-state index contributed by atoms with van der Waals surface area (Å²) in [5.74, 6) is 0.00995. The lowest BCUT2D eigenvalue weighted by atomic mass is 9.95. The molecule has 1 aromatic heterocycles. The summed E-state index contributed by atoms with van der Waals surface area (Å²) in [4.78, 5) is 16.8. The molecule has 0 aliphatic heterocycles. The number of rotatable bonds is 3. The largest absolute Gasteiger partial charge is 0.326 e. The Morgan fingerprint density at radius 1 is 1.04 bits per heavy atom. The third-order valence-corrected chi connectivity index (χ3v) is 4.87. The highest BCUT2D eigenvalue weighted by Crippen LogP contribution is 2.31. The molecule has 128 valence electrons. The molecule has 3 nitrogen and oxygen atoms in total. The van der Waals surface area contributed by atoms with Crippen LogP contribution in [0.1, 0.15) is 26.3 Å². The number of hydrogen-bond acceptors (Lipinski definition) is 3. The van der Waals surface area contributed by atoms with Gasteiger partial charge in [0.2, 0.25) is 5.91 Å². The Balaban J connectivity index is 1.80. The second kappa shape index (κ2) is 6.81. The molecule has 3 aromatic rings. The van der Waals surface area contributed by atoms with E-state index in [0.717, 1.165) is 22.0 Å². The number of thiazole rings is 1. The first-order valence-corrected chi connectivity index (χ1v) is 9.16. The molecule has 0 radical (unpaired) electrons. The molecule has 4 heteroatoms. The van der Waals surface area contributed by atoms with Gasteiger partial charge < -0.3 is 5.32 Å². The van der Waals surface area contributed by atoms with Crippen molar-refractivity contribution in [1.29, 1.82) is 0 Å². The average Bonchev–Trinajstić information content (AvgIpc) is 3.05. The van der Waals surface area contributed by atoms with Gasteiger partial charge in [-0.1, -0.05) is 57.2 Å². The highest BCUT2D eigenvalue weighted by Gasteiger charge is 2.21. The number of anilines is 1. The van der Waals surface area contributed by atoms with Crippen molar-refractivity contribution in [2.45, 2.75) is 27.7 Å². The number of amides is 1. The third-order valence-electron chi connectivity index (χ3n) is 4.00. The van der Waals surface area contributed by atoms with Crippen LogP contribution in [-0.2, 0) is 4.79 Å². The van der Waals surface area contributed by atoms with Gasteiger partial charge in [-0.15, -0.1) is 11.3 Å². The van der Waals surface area contributed by atoms with Crippen LogP contribution in [0.5, 0.6) is 0 Å².